The summed E-state index contributed by atoms with van der Waals surface area (Å²) in [7, 11) is 0. The van der Waals surface area contributed by atoms with Gasteiger partial charge in [-0.2, -0.15) is 0 Å². The molecule has 3 amide bonds. The Bertz CT molecular complexity index is 244. The van der Waals surface area contributed by atoms with Gasteiger partial charge in [0, 0.05) is 12.0 Å². The van der Waals surface area contributed by atoms with Gasteiger partial charge in [0.25, 0.3) is 0 Å². The molecule has 2 aliphatic rings. The number of carbonyl (C=O) groups excluding carboxylic acids is 2. The Hall–Kier alpha value is -1.10. The van der Waals surface area contributed by atoms with Crippen LogP contribution in [0.4, 0.5) is 4.79 Å². The maximum absolute atomic E-state index is 11.2. The number of nitrogens with zero attached hydrogens (tertiary/aromatic N) is 1. The fraction of sp³-hybridized carbons (Fsp3) is 0.750. The molecule has 0 aromatic carbocycles. The van der Waals surface area contributed by atoms with Gasteiger partial charge in [0.05, 0.1) is 13.2 Å². The Balaban J connectivity index is 2.01. The molecule has 0 bridgehead atoms. The Labute approximate surface area is 75.7 Å². The third kappa shape index (κ3) is 1.39. The van der Waals surface area contributed by atoms with Crippen LogP contribution in [0.25, 0.3) is 0 Å². The van der Waals surface area contributed by atoms with Crippen LogP contribution in [-0.4, -0.2) is 41.6 Å². The van der Waals surface area contributed by atoms with Crippen molar-refractivity contribution in [2.45, 2.75) is 12.8 Å². The molecule has 5 nitrogen and oxygen atoms in total. The van der Waals surface area contributed by atoms with Gasteiger partial charge in [0.1, 0.15) is 0 Å². The molecule has 0 unspecified atom stereocenters. The average molecular weight is 184 g/mol. The second-order valence-corrected chi connectivity index (χ2v) is 3.80. The second-order valence-electron chi connectivity index (χ2n) is 3.80. The molecule has 1 saturated carbocycles. The molecule has 1 aliphatic carbocycles. The van der Waals surface area contributed by atoms with Gasteiger partial charge in [-0.15, -0.1) is 0 Å². The van der Waals surface area contributed by atoms with Crippen LogP contribution < -0.4 is 5.32 Å². The maximum Gasteiger partial charge on any atom is 0.324 e. The molecule has 2 fully saturated rings. The fourth-order valence-corrected chi connectivity index (χ4v) is 1.49. The van der Waals surface area contributed by atoms with Crippen molar-refractivity contribution < 1.29 is 14.7 Å². The molecule has 0 aromatic rings. The lowest BCUT2D eigenvalue weighted by atomic mass is 10.1. The fourth-order valence-electron chi connectivity index (χ4n) is 1.49. The van der Waals surface area contributed by atoms with Gasteiger partial charge in [-0.1, -0.05) is 0 Å². The standard InChI is InChI=1S/C8H12N2O3/c11-5-8(1-2-8)4-10-6(12)3-9-7(10)13/h11H,1-5H2,(H,9,13). The molecule has 2 rings (SSSR count). The first-order valence-electron chi connectivity index (χ1n) is 4.36. The molecule has 0 atom stereocenters. The first kappa shape index (κ1) is 8.50. The van der Waals surface area contributed by atoms with E-state index in [1.54, 1.807) is 0 Å². The van der Waals surface area contributed by atoms with E-state index in [0.717, 1.165) is 12.8 Å². The highest BCUT2D eigenvalue weighted by Gasteiger charge is 2.46. The van der Waals surface area contributed by atoms with Gasteiger partial charge < -0.3 is 10.4 Å². The quantitative estimate of drug-likeness (QED) is 0.570. The molecule has 13 heavy (non-hydrogen) atoms. The minimum absolute atomic E-state index is 0.0596. The smallest absolute Gasteiger partial charge is 0.324 e. The largest absolute Gasteiger partial charge is 0.396 e. The summed E-state index contributed by atoms with van der Waals surface area (Å²) in [6.45, 7) is 0.526. The summed E-state index contributed by atoms with van der Waals surface area (Å²) in [6, 6.07) is -0.329. The summed E-state index contributed by atoms with van der Waals surface area (Å²) < 4.78 is 0. The molecular weight excluding hydrogens is 172 g/mol. The van der Waals surface area contributed by atoms with E-state index in [1.807, 2.05) is 0 Å². The van der Waals surface area contributed by atoms with E-state index in [9.17, 15) is 9.59 Å². The Morgan fingerprint density at radius 3 is 2.54 bits per heavy atom. The lowest BCUT2D eigenvalue weighted by Crippen LogP contribution is -2.37. The van der Waals surface area contributed by atoms with Crippen LogP contribution in [0.1, 0.15) is 12.8 Å². The lowest BCUT2D eigenvalue weighted by molar-refractivity contribution is -0.125. The minimum atomic E-state index is -0.329. The molecular formula is C8H12N2O3. The van der Waals surface area contributed by atoms with Crippen molar-refractivity contribution in [3.8, 4) is 0 Å². The van der Waals surface area contributed by atoms with Crippen molar-refractivity contribution in [3.05, 3.63) is 0 Å². The van der Waals surface area contributed by atoms with Gasteiger partial charge in [0.15, 0.2) is 0 Å². The molecule has 0 aromatic heterocycles. The Kier molecular flexibility index (Phi) is 1.76. The molecule has 0 spiro atoms. The van der Waals surface area contributed by atoms with Crippen LogP contribution >= 0.6 is 0 Å². The summed E-state index contributed by atoms with van der Waals surface area (Å²) in [5, 5.41) is 11.5. The second kappa shape index (κ2) is 2.70. The van der Waals surface area contributed by atoms with Crippen molar-refractivity contribution in [1.82, 2.24) is 10.2 Å². The van der Waals surface area contributed by atoms with Crippen LogP contribution in [0, 0.1) is 5.41 Å². The van der Waals surface area contributed by atoms with E-state index < -0.39 is 0 Å². The van der Waals surface area contributed by atoms with E-state index in [1.165, 1.54) is 4.90 Å². The number of imide groups is 1. The molecule has 72 valence electrons. The maximum atomic E-state index is 11.2. The van der Waals surface area contributed by atoms with E-state index in [-0.39, 0.29) is 30.5 Å². The predicted molar refractivity (Wildman–Crippen MR) is 43.9 cm³/mol. The number of urea groups is 1. The van der Waals surface area contributed by atoms with E-state index in [0.29, 0.717) is 6.54 Å². The number of carbonyl (C=O) groups is 2. The van der Waals surface area contributed by atoms with Gasteiger partial charge >= 0.3 is 6.03 Å². The number of aliphatic hydroxyl groups excluding tert-OH is 1. The van der Waals surface area contributed by atoms with Gasteiger partial charge in [0.2, 0.25) is 5.91 Å². The minimum Gasteiger partial charge on any atom is -0.396 e. The summed E-state index contributed by atoms with van der Waals surface area (Å²) in [6.07, 6.45) is 1.81. The zero-order valence-electron chi connectivity index (χ0n) is 7.25. The monoisotopic (exact) mass is 184 g/mol. The molecule has 1 aliphatic heterocycles. The zero-order chi connectivity index (χ0) is 9.47. The van der Waals surface area contributed by atoms with Crippen molar-refractivity contribution in [1.29, 1.82) is 0 Å². The number of amides is 3. The van der Waals surface area contributed by atoms with Crippen molar-refractivity contribution in [2.24, 2.45) is 5.41 Å². The lowest BCUT2D eigenvalue weighted by Gasteiger charge is -2.18. The normalized spacial score (nSPS) is 24.8. The van der Waals surface area contributed by atoms with Crippen LogP contribution in [0.5, 0.6) is 0 Å². The molecule has 5 heteroatoms. The molecule has 2 N–H and O–H groups in total. The molecule has 0 radical (unpaired) electrons. The SMILES string of the molecule is O=C1CNC(=O)N1CC1(CO)CC1. The number of aliphatic hydroxyl groups is 1. The number of hydrogen-bond acceptors (Lipinski definition) is 3. The highest BCUT2D eigenvalue weighted by Crippen LogP contribution is 2.45. The van der Waals surface area contributed by atoms with Crippen LogP contribution in [0.15, 0.2) is 0 Å². The van der Waals surface area contributed by atoms with Crippen molar-refractivity contribution in [2.75, 3.05) is 19.7 Å². The van der Waals surface area contributed by atoms with Crippen molar-refractivity contribution >= 4 is 11.9 Å². The molecule has 1 heterocycles. The highest BCUT2D eigenvalue weighted by atomic mass is 16.3. The van der Waals surface area contributed by atoms with Crippen LogP contribution in [0.2, 0.25) is 0 Å². The summed E-state index contributed by atoms with van der Waals surface area (Å²) in [5.74, 6) is -0.190. The van der Waals surface area contributed by atoms with Gasteiger partial charge in [-0.25, -0.2) is 4.79 Å². The molecule has 1 saturated heterocycles. The van der Waals surface area contributed by atoms with Crippen LogP contribution in [0.3, 0.4) is 0 Å². The predicted octanol–water partition coefficient (Wildman–Crippen LogP) is -0.689. The first-order valence-corrected chi connectivity index (χ1v) is 4.36. The summed E-state index contributed by atoms with van der Waals surface area (Å²) in [5.41, 5.74) is -0.183. The van der Waals surface area contributed by atoms with Crippen LogP contribution in [-0.2, 0) is 4.79 Å². The van der Waals surface area contributed by atoms with E-state index >= 15 is 0 Å². The van der Waals surface area contributed by atoms with Gasteiger partial charge in [-0.05, 0) is 12.8 Å². The summed E-state index contributed by atoms with van der Waals surface area (Å²) >= 11 is 0. The summed E-state index contributed by atoms with van der Waals surface area (Å²) in [4.78, 5) is 23.5. The topological polar surface area (TPSA) is 69.6 Å². The third-order valence-corrected chi connectivity index (χ3v) is 2.72. The van der Waals surface area contributed by atoms with E-state index in [4.69, 9.17) is 5.11 Å². The first-order chi connectivity index (χ1) is 6.17. The van der Waals surface area contributed by atoms with E-state index in [2.05, 4.69) is 5.32 Å². The highest BCUT2D eigenvalue weighted by molar-refractivity contribution is 6.02. The van der Waals surface area contributed by atoms with Crippen molar-refractivity contribution in [3.63, 3.8) is 0 Å². The number of rotatable bonds is 3. The number of hydrogen-bond donors (Lipinski definition) is 2. The Morgan fingerprint density at radius 2 is 2.15 bits per heavy atom. The van der Waals surface area contributed by atoms with Gasteiger partial charge in [-0.3, -0.25) is 9.69 Å². The Morgan fingerprint density at radius 1 is 1.46 bits per heavy atom. The third-order valence-electron chi connectivity index (χ3n) is 2.72. The number of nitrogens with one attached hydrogen (secondary N) is 1. The zero-order valence-corrected chi connectivity index (χ0v) is 7.25. The average Bonchev–Trinajstić information content (AvgIpc) is 2.84.